The summed E-state index contributed by atoms with van der Waals surface area (Å²) in [5.74, 6) is 0.660. The van der Waals surface area contributed by atoms with E-state index >= 15 is 0 Å². The second kappa shape index (κ2) is 7.22. The van der Waals surface area contributed by atoms with Crippen molar-refractivity contribution >= 4 is 17.4 Å². The molecule has 1 aromatic rings. The van der Waals surface area contributed by atoms with Crippen LogP contribution in [0.1, 0.15) is 61.9 Å². The van der Waals surface area contributed by atoms with Gasteiger partial charge >= 0.3 is 6.09 Å². The number of hydrogen-bond acceptors (Lipinski definition) is 4. The van der Waals surface area contributed by atoms with Crippen molar-refractivity contribution in [1.29, 1.82) is 0 Å². The van der Waals surface area contributed by atoms with Crippen LogP contribution in [-0.2, 0) is 4.74 Å². The summed E-state index contributed by atoms with van der Waals surface area (Å²) in [5.41, 5.74) is 0.918. The van der Waals surface area contributed by atoms with Gasteiger partial charge in [0.25, 0.3) is 0 Å². The predicted octanol–water partition coefficient (Wildman–Crippen LogP) is 4.32. The lowest BCUT2D eigenvalue weighted by molar-refractivity contribution is 0.0520. The average molecular weight is 339 g/mol. The van der Waals surface area contributed by atoms with Gasteiger partial charge in [-0.15, -0.1) is 11.3 Å². The first-order chi connectivity index (χ1) is 10.7. The van der Waals surface area contributed by atoms with Crippen molar-refractivity contribution < 1.29 is 9.53 Å². The van der Waals surface area contributed by atoms with Crippen LogP contribution in [0.3, 0.4) is 0 Å². The van der Waals surface area contributed by atoms with E-state index in [0.717, 1.165) is 0 Å². The van der Waals surface area contributed by atoms with Gasteiger partial charge in [-0.1, -0.05) is 0 Å². The monoisotopic (exact) mass is 338 g/mol. The number of aryl methyl sites for hydroxylation is 2. The average Bonchev–Trinajstić information content (AvgIpc) is 3.17. The molecule has 2 unspecified atom stereocenters. The molecule has 1 aliphatic carbocycles. The number of thiophene rings is 1. The van der Waals surface area contributed by atoms with Crippen molar-refractivity contribution in [2.24, 2.45) is 5.92 Å². The van der Waals surface area contributed by atoms with E-state index in [9.17, 15) is 4.79 Å². The van der Waals surface area contributed by atoms with E-state index in [1.165, 1.54) is 28.2 Å². The molecular weight excluding hydrogens is 308 g/mol. The number of amides is 1. The highest BCUT2D eigenvalue weighted by Crippen LogP contribution is 2.34. The number of hydrogen-bond donors (Lipinski definition) is 2. The second-order valence-electron chi connectivity index (χ2n) is 7.58. The summed E-state index contributed by atoms with van der Waals surface area (Å²) >= 11 is 1.84. The number of ether oxygens (including phenoxy) is 1. The zero-order valence-corrected chi connectivity index (χ0v) is 16.0. The number of carbonyl (C=O) groups excluding carboxylic acids is 1. The normalized spacial score (nSPS) is 17.7. The summed E-state index contributed by atoms with van der Waals surface area (Å²) < 4.78 is 5.32. The summed E-state index contributed by atoms with van der Waals surface area (Å²) in [6.45, 7) is 12.8. The highest BCUT2D eigenvalue weighted by molar-refractivity contribution is 7.12. The van der Waals surface area contributed by atoms with Crippen molar-refractivity contribution in [3.05, 3.63) is 21.4 Å². The molecule has 2 atom stereocenters. The topological polar surface area (TPSA) is 50.4 Å². The minimum absolute atomic E-state index is 0.297. The molecule has 1 amide bonds. The Labute approximate surface area is 144 Å². The maximum absolute atomic E-state index is 11.9. The van der Waals surface area contributed by atoms with Crippen LogP contribution in [0, 0.1) is 19.8 Å². The van der Waals surface area contributed by atoms with Gasteiger partial charge in [-0.05, 0) is 71.9 Å². The smallest absolute Gasteiger partial charge is 0.407 e. The lowest BCUT2D eigenvalue weighted by Crippen LogP contribution is -2.44. The zero-order chi connectivity index (χ0) is 17.2. The van der Waals surface area contributed by atoms with Crippen LogP contribution in [0.4, 0.5) is 4.79 Å². The van der Waals surface area contributed by atoms with Crippen molar-refractivity contribution in [2.45, 2.75) is 72.1 Å². The highest BCUT2D eigenvalue weighted by atomic mass is 32.1. The Morgan fingerprint density at radius 3 is 2.52 bits per heavy atom. The number of alkyl carbamates (subject to hydrolysis) is 1. The van der Waals surface area contributed by atoms with Gasteiger partial charge in [0.2, 0.25) is 0 Å². The summed E-state index contributed by atoms with van der Waals surface area (Å²) in [7, 11) is 0. The van der Waals surface area contributed by atoms with E-state index < -0.39 is 5.60 Å². The van der Waals surface area contributed by atoms with E-state index in [0.29, 0.717) is 24.5 Å². The molecule has 0 radical (unpaired) electrons. The Morgan fingerprint density at radius 1 is 1.39 bits per heavy atom. The third kappa shape index (κ3) is 5.81. The molecule has 5 heteroatoms. The molecule has 1 saturated carbocycles. The number of carbonyl (C=O) groups is 1. The molecule has 2 N–H and O–H groups in total. The standard InChI is InChI=1S/C18H30N2O2S/c1-11-9-15(13(3)23-11)12(2)20-16(14-7-8-14)10-19-17(21)22-18(4,5)6/h9,12,14,16,20H,7-8,10H2,1-6H3,(H,19,21). The van der Waals surface area contributed by atoms with Gasteiger partial charge in [0.05, 0.1) is 0 Å². The van der Waals surface area contributed by atoms with Crippen LogP contribution < -0.4 is 10.6 Å². The lowest BCUT2D eigenvalue weighted by Gasteiger charge is -2.25. The minimum Gasteiger partial charge on any atom is -0.444 e. The van der Waals surface area contributed by atoms with E-state index in [-0.39, 0.29) is 6.09 Å². The molecule has 1 fully saturated rings. The summed E-state index contributed by atoms with van der Waals surface area (Å²) in [6, 6.07) is 2.87. The quantitative estimate of drug-likeness (QED) is 0.812. The van der Waals surface area contributed by atoms with Crippen LogP contribution in [0.15, 0.2) is 6.07 Å². The molecule has 4 nitrogen and oxygen atoms in total. The molecule has 0 aromatic carbocycles. The molecule has 0 spiro atoms. The van der Waals surface area contributed by atoms with Crippen molar-refractivity contribution in [3.8, 4) is 0 Å². The first-order valence-corrected chi connectivity index (χ1v) is 9.27. The Morgan fingerprint density at radius 2 is 2.04 bits per heavy atom. The molecule has 23 heavy (non-hydrogen) atoms. The molecule has 1 aromatic heterocycles. The molecule has 130 valence electrons. The molecule has 1 aliphatic rings. The molecule has 1 heterocycles. The first-order valence-electron chi connectivity index (χ1n) is 8.45. The Balaban J connectivity index is 1.89. The van der Waals surface area contributed by atoms with Crippen LogP contribution in [0.2, 0.25) is 0 Å². The van der Waals surface area contributed by atoms with Crippen LogP contribution in [0.25, 0.3) is 0 Å². The maximum Gasteiger partial charge on any atom is 0.407 e. The zero-order valence-electron chi connectivity index (χ0n) is 15.2. The van der Waals surface area contributed by atoms with Gasteiger partial charge < -0.3 is 15.4 Å². The third-order valence-corrected chi connectivity index (χ3v) is 5.05. The Hall–Kier alpha value is -1.07. The van der Waals surface area contributed by atoms with E-state index in [1.54, 1.807) is 0 Å². The predicted molar refractivity (Wildman–Crippen MR) is 96.1 cm³/mol. The van der Waals surface area contributed by atoms with Crippen molar-refractivity contribution in [3.63, 3.8) is 0 Å². The first kappa shape index (κ1) is 18.3. The minimum atomic E-state index is -0.453. The molecule has 0 saturated heterocycles. The third-order valence-electron chi connectivity index (χ3n) is 4.07. The highest BCUT2D eigenvalue weighted by Gasteiger charge is 2.33. The summed E-state index contributed by atoms with van der Waals surface area (Å²) in [4.78, 5) is 14.6. The molecule has 2 rings (SSSR count). The maximum atomic E-state index is 11.9. The number of nitrogens with one attached hydrogen (secondary N) is 2. The number of rotatable bonds is 6. The largest absolute Gasteiger partial charge is 0.444 e. The fourth-order valence-corrected chi connectivity index (χ4v) is 3.88. The SMILES string of the molecule is Cc1cc(C(C)NC(CNC(=O)OC(C)(C)C)C2CC2)c(C)s1. The van der Waals surface area contributed by atoms with E-state index in [2.05, 4.69) is 37.5 Å². The van der Waals surface area contributed by atoms with Crippen LogP contribution in [0.5, 0.6) is 0 Å². The van der Waals surface area contributed by atoms with Crippen LogP contribution >= 0.6 is 11.3 Å². The lowest BCUT2D eigenvalue weighted by atomic mass is 10.1. The molecule has 0 aliphatic heterocycles. The van der Waals surface area contributed by atoms with Gasteiger partial charge in [-0.3, -0.25) is 0 Å². The van der Waals surface area contributed by atoms with Gasteiger partial charge in [0.15, 0.2) is 0 Å². The van der Waals surface area contributed by atoms with E-state index in [1.807, 2.05) is 32.1 Å². The van der Waals surface area contributed by atoms with Gasteiger partial charge in [0, 0.05) is 28.4 Å². The van der Waals surface area contributed by atoms with Gasteiger partial charge in [-0.2, -0.15) is 0 Å². The van der Waals surface area contributed by atoms with Crippen molar-refractivity contribution in [1.82, 2.24) is 10.6 Å². The van der Waals surface area contributed by atoms with Crippen LogP contribution in [-0.4, -0.2) is 24.3 Å². The summed E-state index contributed by atoms with van der Waals surface area (Å²) in [5, 5.41) is 6.62. The van der Waals surface area contributed by atoms with Gasteiger partial charge in [-0.25, -0.2) is 4.79 Å². The fraction of sp³-hybridized carbons (Fsp3) is 0.722. The molecular formula is C18H30N2O2S. The van der Waals surface area contributed by atoms with Crippen molar-refractivity contribution in [2.75, 3.05) is 6.54 Å². The Bertz CT molecular complexity index is 544. The van der Waals surface area contributed by atoms with Gasteiger partial charge in [0.1, 0.15) is 5.60 Å². The molecule has 0 bridgehead atoms. The summed E-state index contributed by atoms with van der Waals surface area (Å²) in [6.07, 6.45) is 2.14. The van der Waals surface area contributed by atoms with E-state index in [4.69, 9.17) is 4.74 Å². The Kier molecular flexibility index (Phi) is 5.74. The second-order valence-corrected chi connectivity index (χ2v) is 9.04. The fourth-order valence-electron chi connectivity index (χ4n) is 2.86.